The molecule has 0 saturated heterocycles. The minimum absolute atomic E-state index is 0.158. The van der Waals surface area contributed by atoms with Crippen molar-refractivity contribution in [1.29, 1.82) is 0 Å². The number of carbonyl (C=O) groups excluding carboxylic acids is 2. The monoisotopic (exact) mass is 511 g/mol. The highest BCUT2D eigenvalue weighted by molar-refractivity contribution is 5.98. The van der Waals surface area contributed by atoms with Gasteiger partial charge in [-0.3, -0.25) is 9.59 Å². The van der Waals surface area contributed by atoms with E-state index in [2.05, 4.69) is 5.10 Å². The first-order valence-corrected chi connectivity index (χ1v) is 10.6. The normalized spacial score (nSPS) is 13.2. The quantitative estimate of drug-likeness (QED) is 0.403. The Morgan fingerprint density at radius 3 is 2.25 bits per heavy atom. The van der Waals surface area contributed by atoms with Crippen LogP contribution in [0.4, 0.5) is 27.8 Å². The number of nitrogens with one attached hydrogen (secondary N) is 1. The first-order chi connectivity index (χ1) is 16.9. The highest BCUT2D eigenvalue weighted by Gasteiger charge is 2.55. The maximum atomic E-state index is 14.0. The van der Waals surface area contributed by atoms with Gasteiger partial charge in [-0.05, 0) is 31.2 Å². The number of aliphatic hydroxyl groups is 1. The number of anilines is 1. The molecule has 0 aliphatic rings. The third kappa shape index (κ3) is 5.30. The molecule has 0 aliphatic carbocycles. The van der Waals surface area contributed by atoms with Crippen molar-refractivity contribution in [3.63, 3.8) is 0 Å². The molecule has 13 heteroatoms. The number of para-hydroxylation sites is 1. The van der Waals surface area contributed by atoms with Gasteiger partial charge in [0.05, 0.1) is 25.0 Å². The fourth-order valence-corrected chi connectivity index (χ4v) is 3.38. The third-order valence-corrected chi connectivity index (χ3v) is 5.42. The average Bonchev–Trinajstić information content (AvgIpc) is 3.22. The summed E-state index contributed by atoms with van der Waals surface area (Å²) in [5.74, 6) is -5.15. The molecule has 192 valence electrons. The van der Waals surface area contributed by atoms with E-state index in [-0.39, 0.29) is 11.4 Å². The number of nitrogens with zero attached hydrogens (tertiary/aromatic N) is 3. The Morgan fingerprint density at radius 2 is 1.69 bits per heavy atom. The molecule has 1 heterocycles. The highest BCUT2D eigenvalue weighted by Crippen LogP contribution is 2.32. The maximum Gasteiger partial charge on any atom is 0.420 e. The van der Waals surface area contributed by atoms with Crippen LogP contribution in [0.15, 0.2) is 54.7 Å². The van der Waals surface area contributed by atoms with Crippen LogP contribution in [0.3, 0.4) is 0 Å². The average molecular weight is 511 g/mol. The standard InChI is InChI=1S/C23H22F5N5O3/c1-2-32(21(35)18-16(24)9-6-10-17(18)25)13-22(36,23(26,27)28)12-30-20(34)15-11-31-33(19(15)29)14-7-4-3-5-8-14/h3-11,36H,2,12-13,29H2,1H3,(H,30,34). The van der Waals surface area contributed by atoms with Crippen molar-refractivity contribution in [2.75, 3.05) is 25.4 Å². The summed E-state index contributed by atoms with van der Waals surface area (Å²) in [6, 6.07) is 10.9. The first kappa shape index (κ1) is 26.6. The van der Waals surface area contributed by atoms with Gasteiger partial charge in [-0.15, -0.1) is 0 Å². The maximum absolute atomic E-state index is 14.0. The lowest BCUT2D eigenvalue weighted by atomic mass is 10.0. The number of halogens is 5. The Labute approximate surface area is 202 Å². The summed E-state index contributed by atoms with van der Waals surface area (Å²) < 4.78 is 70.8. The predicted octanol–water partition coefficient (Wildman–Crippen LogP) is 2.92. The van der Waals surface area contributed by atoms with Crippen LogP contribution in [0.5, 0.6) is 0 Å². The zero-order valence-electron chi connectivity index (χ0n) is 18.9. The number of carbonyl (C=O) groups is 2. The number of hydrogen-bond acceptors (Lipinski definition) is 5. The first-order valence-electron chi connectivity index (χ1n) is 10.6. The molecule has 1 unspecified atom stereocenters. The third-order valence-electron chi connectivity index (χ3n) is 5.42. The van der Waals surface area contributed by atoms with Gasteiger partial charge in [0.15, 0.2) is 5.60 Å². The van der Waals surface area contributed by atoms with Gasteiger partial charge in [-0.25, -0.2) is 13.5 Å². The predicted molar refractivity (Wildman–Crippen MR) is 119 cm³/mol. The summed E-state index contributed by atoms with van der Waals surface area (Å²) in [7, 11) is 0. The molecule has 2 aromatic carbocycles. The number of aromatic nitrogens is 2. The smallest absolute Gasteiger partial charge is 0.383 e. The molecule has 1 atom stereocenters. The van der Waals surface area contributed by atoms with Crippen molar-refractivity contribution in [3.8, 4) is 5.69 Å². The Balaban J connectivity index is 1.81. The van der Waals surface area contributed by atoms with Crippen LogP contribution in [-0.2, 0) is 0 Å². The molecular formula is C23H22F5N5O3. The Morgan fingerprint density at radius 1 is 1.08 bits per heavy atom. The van der Waals surface area contributed by atoms with E-state index in [1.807, 2.05) is 5.32 Å². The molecule has 2 amide bonds. The van der Waals surface area contributed by atoms with E-state index in [1.54, 1.807) is 30.3 Å². The van der Waals surface area contributed by atoms with E-state index in [0.717, 1.165) is 24.4 Å². The number of nitrogens with two attached hydrogens (primary N) is 1. The molecule has 0 spiro atoms. The number of alkyl halides is 3. The van der Waals surface area contributed by atoms with Crippen LogP contribution in [0.1, 0.15) is 27.6 Å². The van der Waals surface area contributed by atoms with Crippen molar-refractivity contribution in [1.82, 2.24) is 20.0 Å². The van der Waals surface area contributed by atoms with Crippen molar-refractivity contribution >= 4 is 17.6 Å². The SMILES string of the molecule is CCN(CC(O)(CNC(=O)c1cnn(-c2ccccc2)c1N)C(F)(F)F)C(=O)c1c(F)cccc1F. The molecule has 1 aromatic heterocycles. The van der Waals surface area contributed by atoms with Crippen LogP contribution < -0.4 is 11.1 Å². The number of amides is 2. The molecule has 36 heavy (non-hydrogen) atoms. The molecule has 0 aliphatic heterocycles. The van der Waals surface area contributed by atoms with Crippen molar-refractivity contribution in [2.45, 2.75) is 18.7 Å². The minimum Gasteiger partial charge on any atom is -0.383 e. The number of benzene rings is 2. The van der Waals surface area contributed by atoms with E-state index in [4.69, 9.17) is 5.73 Å². The van der Waals surface area contributed by atoms with E-state index < -0.39 is 60.4 Å². The van der Waals surface area contributed by atoms with E-state index in [0.29, 0.717) is 10.6 Å². The summed E-state index contributed by atoms with van der Waals surface area (Å²) in [4.78, 5) is 25.6. The van der Waals surface area contributed by atoms with Gasteiger partial charge in [-0.1, -0.05) is 24.3 Å². The van der Waals surface area contributed by atoms with Gasteiger partial charge in [0, 0.05) is 6.54 Å². The summed E-state index contributed by atoms with van der Waals surface area (Å²) >= 11 is 0. The number of nitrogen functional groups attached to an aromatic ring is 1. The van der Waals surface area contributed by atoms with Crippen LogP contribution >= 0.6 is 0 Å². The molecular weight excluding hydrogens is 489 g/mol. The van der Waals surface area contributed by atoms with Crippen LogP contribution in [0.2, 0.25) is 0 Å². The second-order valence-corrected chi connectivity index (χ2v) is 7.82. The summed E-state index contributed by atoms with van der Waals surface area (Å²) in [6.07, 6.45) is -4.28. The number of likely N-dealkylation sites (N-methyl/N-ethyl adjacent to an activating group) is 1. The van der Waals surface area contributed by atoms with E-state index in [9.17, 15) is 36.6 Å². The summed E-state index contributed by atoms with van der Waals surface area (Å²) in [5, 5.41) is 16.4. The highest BCUT2D eigenvalue weighted by atomic mass is 19.4. The molecule has 0 radical (unpaired) electrons. The van der Waals surface area contributed by atoms with Gasteiger partial charge < -0.3 is 21.1 Å². The van der Waals surface area contributed by atoms with Crippen LogP contribution in [-0.4, -0.2) is 63.0 Å². The molecule has 4 N–H and O–H groups in total. The lowest BCUT2D eigenvalue weighted by Gasteiger charge is -2.35. The van der Waals surface area contributed by atoms with Gasteiger partial charge in [0.1, 0.15) is 28.6 Å². The lowest BCUT2D eigenvalue weighted by Crippen LogP contribution is -2.60. The lowest BCUT2D eigenvalue weighted by molar-refractivity contribution is -0.259. The van der Waals surface area contributed by atoms with E-state index >= 15 is 0 Å². The number of hydrogen-bond donors (Lipinski definition) is 3. The second-order valence-electron chi connectivity index (χ2n) is 7.82. The molecule has 0 saturated carbocycles. The zero-order chi connectivity index (χ0) is 26.7. The minimum atomic E-state index is -5.33. The fourth-order valence-electron chi connectivity index (χ4n) is 3.38. The van der Waals surface area contributed by atoms with Gasteiger partial charge in [0.25, 0.3) is 11.8 Å². The van der Waals surface area contributed by atoms with Crippen molar-refractivity contribution < 1.29 is 36.6 Å². The second kappa shape index (κ2) is 10.3. The summed E-state index contributed by atoms with van der Waals surface area (Å²) in [6.45, 7) is -1.94. The largest absolute Gasteiger partial charge is 0.420 e. The molecule has 8 nitrogen and oxygen atoms in total. The Kier molecular flexibility index (Phi) is 7.62. The topological polar surface area (TPSA) is 113 Å². The van der Waals surface area contributed by atoms with Crippen LogP contribution in [0.25, 0.3) is 5.69 Å². The molecule has 3 rings (SSSR count). The van der Waals surface area contributed by atoms with Crippen LogP contribution in [0, 0.1) is 11.6 Å². The fraction of sp³-hybridized carbons (Fsp3) is 0.261. The van der Waals surface area contributed by atoms with Crippen molar-refractivity contribution in [2.24, 2.45) is 0 Å². The van der Waals surface area contributed by atoms with Gasteiger partial charge >= 0.3 is 6.18 Å². The molecule has 3 aromatic rings. The zero-order valence-corrected chi connectivity index (χ0v) is 18.9. The Hall–Kier alpha value is -4.00. The molecule has 0 fully saturated rings. The van der Waals surface area contributed by atoms with Crippen molar-refractivity contribution in [3.05, 3.63) is 77.5 Å². The number of rotatable bonds is 8. The molecule has 0 bridgehead atoms. The summed E-state index contributed by atoms with van der Waals surface area (Å²) in [5.41, 5.74) is 1.46. The van der Waals surface area contributed by atoms with Gasteiger partial charge in [-0.2, -0.15) is 18.3 Å². The van der Waals surface area contributed by atoms with Gasteiger partial charge in [0.2, 0.25) is 0 Å². The Bertz CT molecular complexity index is 1230. The van der Waals surface area contributed by atoms with E-state index in [1.165, 1.54) is 11.6 Å².